The zero-order valence-corrected chi connectivity index (χ0v) is 10.9. The van der Waals surface area contributed by atoms with Crippen LogP contribution in [0.4, 0.5) is 5.69 Å². The molecule has 1 aromatic carbocycles. The van der Waals surface area contributed by atoms with Crippen molar-refractivity contribution >= 4 is 34.6 Å². The number of hydrogen-bond donors (Lipinski definition) is 2. The minimum absolute atomic E-state index is 0.0933. The van der Waals surface area contributed by atoms with Crippen molar-refractivity contribution in [2.45, 2.75) is 13.3 Å². The summed E-state index contributed by atoms with van der Waals surface area (Å²) < 4.78 is 0. The molecule has 0 aliphatic rings. The Balaban J connectivity index is 2.65. The number of carboxylic acids is 1. The van der Waals surface area contributed by atoms with Gasteiger partial charge >= 0.3 is 5.97 Å². The first-order valence-electron chi connectivity index (χ1n) is 5.43. The second-order valence-corrected chi connectivity index (χ2v) is 4.95. The summed E-state index contributed by atoms with van der Waals surface area (Å²) in [5.74, 6) is -0.263. The highest BCUT2D eigenvalue weighted by Gasteiger charge is 2.04. The standard InChI is InChI=1S/C13H15NO3S/c1-9(15)18-7-3-2-4-10-8-11(13(16)17)5-6-12(10)14/h2,4-6,8H,3,7,14H2,1H3,(H,16,17). The van der Waals surface area contributed by atoms with Crippen LogP contribution in [0.5, 0.6) is 0 Å². The molecule has 0 aliphatic heterocycles. The van der Waals surface area contributed by atoms with Crippen molar-refractivity contribution < 1.29 is 14.7 Å². The van der Waals surface area contributed by atoms with Crippen LogP contribution in [-0.4, -0.2) is 21.9 Å². The largest absolute Gasteiger partial charge is 0.478 e. The highest BCUT2D eigenvalue weighted by Crippen LogP contribution is 2.16. The van der Waals surface area contributed by atoms with Gasteiger partial charge in [0, 0.05) is 18.4 Å². The normalized spacial score (nSPS) is 10.7. The monoisotopic (exact) mass is 265 g/mol. The van der Waals surface area contributed by atoms with Gasteiger partial charge in [-0.15, -0.1) is 0 Å². The summed E-state index contributed by atoms with van der Waals surface area (Å²) in [7, 11) is 0. The van der Waals surface area contributed by atoms with Crippen LogP contribution in [-0.2, 0) is 4.79 Å². The van der Waals surface area contributed by atoms with Crippen molar-refractivity contribution in [3.63, 3.8) is 0 Å². The van der Waals surface area contributed by atoms with Crippen LogP contribution in [0.1, 0.15) is 29.3 Å². The van der Waals surface area contributed by atoms with E-state index in [4.69, 9.17) is 10.8 Å². The number of thioether (sulfide) groups is 1. The molecule has 0 aliphatic carbocycles. The molecule has 18 heavy (non-hydrogen) atoms. The maximum Gasteiger partial charge on any atom is 0.335 e. The number of carbonyl (C=O) groups excluding carboxylic acids is 1. The average molecular weight is 265 g/mol. The number of nitrogen functional groups attached to an aromatic ring is 1. The molecule has 1 aromatic rings. The van der Waals surface area contributed by atoms with Crippen LogP contribution < -0.4 is 5.73 Å². The third-order valence-corrected chi connectivity index (χ3v) is 3.07. The number of carboxylic acid groups (broad SMARTS) is 1. The van der Waals surface area contributed by atoms with Crippen LogP contribution in [0.15, 0.2) is 24.3 Å². The maximum atomic E-state index is 10.8. The Bertz CT molecular complexity index is 483. The molecular formula is C13H15NO3S. The number of aromatic carboxylic acids is 1. The Hall–Kier alpha value is -1.75. The molecule has 0 aromatic heterocycles. The van der Waals surface area contributed by atoms with Crippen LogP contribution in [0, 0.1) is 0 Å². The van der Waals surface area contributed by atoms with Crippen molar-refractivity contribution in [2.75, 3.05) is 11.5 Å². The lowest BCUT2D eigenvalue weighted by Gasteiger charge is -2.02. The number of rotatable bonds is 5. The second-order valence-electron chi connectivity index (χ2n) is 3.68. The summed E-state index contributed by atoms with van der Waals surface area (Å²) in [5, 5.41) is 8.96. The zero-order valence-electron chi connectivity index (χ0n) is 10.1. The molecule has 0 spiro atoms. The summed E-state index contributed by atoms with van der Waals surface area (Å²) in [6.07, 6.45) is 4.40. The second kappa shape index (κ2) is 6.86. The first kappa shape index (κ1) is 14.3. The van der Waals surface area contributed by atoms with Gasteiger partial charge in [0.05, 0.1) is 5.56 Å². The van der Waals surface area contributed by atoms with Crippen LogP contribution in [0.25, 0.3) is 6.08 Å². The first-order chi connectivity index (χ1) is 8.50. The molecule has 0 fully saturated rings. The molecule has 3 N–H and O–H groups in total. The number of carbonyl (C=O) groups is 2. The number of nitrogens with two attached hydrogens (primary N) is 1. The van der Waals surface area contributed by atoms with Crippen LogP contribution in [0.2, 0.25) is 0 Å². The third-order valence-electron chi connectivity index (χ3n) is 2.22. The summed E-state index contributed by atoms with van der Waals surface area (Å²) in [6.45, 7) is 1.53. The van der Waals surface area contributed by atoms with E-state index in [2.05, 4.69) is 0 Å². The van der Waals surface area contributed by atoms with Gasteiger partial charge in [-0.25, -0.2) is 4.79 Å². The van der Waals surface area contributed by atoms with Gasteiger partial charge in [0.1, 0.15) is 0 Å². The fourth-order valence-electron chi connectivity index (χ4n) is 1.33. The van der Waals surface area contributed by atoms with E-state index < -0.39 is 5.97 Å². The quantitative estimate of drug-likeness (QED) is 0.632. The van der Waals surface area contributed by atoms with Gasteiger partial charge in [0.15, 0.2) is 5.12 Å². The van der Waals surface area contributed by atoms with Gasteiger partial charge in [-0.3, -0.25) is 4.79 Å². The maximum absolute atomic E-state index is 10.8. The molecular weight excluding hydrogens is 250 g/mol. The highest BCUT2D eigenvalue weighted by molar-refractivity contribution is 8.13. The molecule has 4 nitrogen and oxygen atoms in total. The smallest absolute Gasteiger partial charge is 0.335 e. The minimum atomic E-state index is -0.975. The summed E-state index contributed by atoms with van der Waals surface area (Å²) in [5.41, 5.74) is 7.18. The van der Waals surface area contributed by atoms with E-state index >= 15 is 0 Å². The zero-order chi connectivity index (χ0) is 13.5. The van der Waals surface area contributed by atoms with E-state index in [9.17, 15) is 9.59 Å². The van der Waals surface area contributed by atoms with Crippen LogP contribution >= 0.6 is 11.8 Å². The Kier molecular flexibility index (Phi) is 5.45. The topological polar surface area (TPSA) is 80.4 Å². The molecule has 0 saturated heterocycles. The van der Waals surface area contributed by atoms with Gasteiger partial charge in [0.25, 0.3) is 0 Å². The van der Waals surface area contributed by atoms with E-state index in [0.717, 1.165) is 6.42 Å². The Morgan fingerprint density at radius 3 is 2.78 bits per heavy atom. The minimum Gasteiger partial charge on any atom is -0.478 e. The third kappa shape index (κ3) is 4.63. The molecule has 1 rings (SSSR count). The number of allylic oxidation sites excluding steroid dienone is 1. The highest BCUT2D eigenvalue weighted by atomic mass is 32.2. The number of hydrogen-bond acceptors (Lipinski definition) is 4. The molecule has 0 saturated carbocycles. The van der Waals surface area contributed by atoms with Gasteiger partial charge in [-0.1, -0.05) is 23.9 Å². The average Bonchev–Trinajstić information content (AvgIpc) is 2.30. The lowest BCUT2D eigenvalue weighted by atomic mass is 10.1. The van der Waals surface area contributed by atoms with Gasteiger partial charge in [0.2, 0.25) is 0 Å². The number of anilines is 1. The van der Waals surface area contributed by atoms with Crippen LogP contribution in [0.3, 0.4) is 0 Å². The molecule has 5 heteroatoms. The predicted molar refractivity (Wildman–Crippen MR) is 74.6 cm³/mol. The van der Waals surface area contributed by atoms with E-state index in [1.165, 1.54) is 30.8 Å². The van der Waals surface area contributed by atoms with Crippen molar-refractivity contribution in [1.82, 2.24) is 0 Å². The fourth-order valence-corrected chi connectivity index (χ4v) is 1.87. The van der Waals surface area contributed by atoms with E-state index in [1.807, 2.05) is 6.08 Å². The molecule has 0 bridgehead atoms. The van der Waals surface area contributed by atoms with Crippen molar-refractivity contribution in [2.24, 2.45) is 0 Å². The van der Waals surface area contributed by atoms with E-state index in [0.29, 0.717) is 17.0 Å². The molecule has 0 unspecified atom stereocenters. The molecule has 0 atom stereocenters. The summed E-state index contributed by atoms with van der Waals surface area (Å²) in [6, 6.07) is 4.58. The van der Waals surface area contributed by atoms with Gasteiger partial charge in [-0.05, 0) is 30.2 Å². The van der Waals surface area contributed by atoms with Crippen molar-refractivity contribution in [1.29, 1.82) is 0 Å². The van der Waals surface area contributed by atoms with Gasteiger partial charge in [-0.2, -0.15) is 0 Å². The molecule has 0 heterocycles. The molecule has 0 radical (unpaired) electrons. The van der Waals surface area contributed by atoms with Crippen molar-refractivity contribution in [3.05, 3.63) is 35.4 Å². The lowest BCUT2D eigenvalue weighted by molar-refractivity contribution is -0.109. The molecule has 0 amide bonds. The Labute approximate surface area is 110 Å². The van der Waals surface area contributed by atoms with Gasteiger partial charge < -0.3 is 10.8 Å². The van der Waals surface area contributed by atoms with E-state index in [-0.39, 0.29) is 10.7 Å². The van der Waals surface area contributed by atoms with Crippen molar-refractivity contribution in [3.8, 4) is 0 Å². The lowest BCUT2D eigenvalue weighted by Crippen LogP contribution is -1.98. The Morgan fingerprint density at radius 1 is 1.44 bits per heavy atom. The summed E-state index contributed by atoms with van der Waals surface area (Å²) >= 11 is 1.26. The first-order valence-corrected chi connectivity index (χ1v) is 6.42. The fraction of sp³-hybridized carbons (Fsp3) is 0.231. The Morgan fingerprint density at radius 2 is 2.17 bits per heavy atom. The summed E-state index contributed by atoms with van der Waals surface area (Å²) in [4.78, 5) is 21.5. The predicted octanol–water partition coefficient (Wildman–Crippen LogP) is 2.65. The number of benzene rings is 1. The van der Waals surface area contributed by atoms with E-state index in [1.54, 1.807) is 12.1 Å². The SMILES string of the molecule is CC(=O)SCCC=Cc1cc(C(=O)O)ccc1N. The molecule has 96 valence electrons.